The van der Waals surface area contributed by atoms with E-state index in [4.69, 9.17) is 5.73 Å². The first-order valence-corrected chi connectivity index (χ1v) is 5.16. The first-order valence-electron chi connectivity index (χ1n) is 5.16. The molecule has 0 radical (unpaired) electrons. The van der Waals surface area contributed by atoms with Crippen LogP contribution in [0.3, 0.4) is 0 Å². The summed E-state index contributed by atoms with van der Waals surface area (Å²) in [5.41, 5.74) is 6.24. The average Bonchev–Trinajstić information content (AvgIpc) is 2.26. The first-order chi connectivity index (χ1) is 7.69. The van der Waals surface area contributed by atoms with Crippen molar-refractivity contribution in [1.82, 2.24) is 5.32 Å². The van der Waals surface area contributed by atoms with Crippen molar-refractivity contribution in [1.29, 1.82) is 0 Å². The minimum Gasteiger partial charge on any atom is -0.434 e. The van der Waals surface area contributed by atoms with E-state index < -0.39 is 6.61 Å². The summed E-state index contributed by atoms with van der Waals surface area (Å²) in [5.74, 6) is 0.175. The molecule has 1 aromatic carbocycles. The number of likely N-dealkylation sites (N-methyl/N-ethyl adjacent to an activating group) is 1. The topological polar surface area (TPSA) is 47.3 Å². The lowest BCUT2D eigenvalue weighted by molar-refractivity contribution is -0.0506. The van der Waals surface area contributed by atoms with E-state index in [9.17, 15) is 8.78 Å². The van der Waals surface area contributed by atoms with Crippen molar-refractivity contribution in [3.8, 4) is 5.75 Å². The molecule has 0 aliphatic carbocycles. The Bertz CT molecular complexity index is 321. The zero-order valence-electron chi connectivity index (χ0n) is 9.12. The molecule has 0 heterocycles. The largest absolute Gasteiger partial charge is 0.434 e. The Balaban J connectivity index is 2.91. The predicted molar refractivity (Wildman–Crippen MR) is 58.5 cm³/mol. The fourth-order valence-electron chi connectivity index (χ4n) is 1.54. The number of hydrogen-bond donors (Lipinski definition) is 2. The van der Waals surface area contributed by atoms with Gasteiger partial charge in [-0.15, -0.1) is 0 Å². The molecule has 0 aliphatic heterocycles. The molecule has 5 heteroatoms. The van der Waals surface area contributed by atoms with Gasteiger partial charge in [0, 0.05) is 18.2 Å². The van der Waals surface area contributed by atoms with E-state index in [1.165, 1.54) is 6.07 Å². The number of para-hydroxylation sites is 1. The molecule has 16 heavy (non-hydrogen) atoms. The first kappa shape index (κ1) is 12.9. The highest BCUT2D eigenvalue weighted by Gasteiger charge is 2.15. The number of rotatable bonds is 6. The monoisotopic (exact) mass is 230 g/mol. The second kappa shape index (κ2) is 6.40. The number of benzene rings is 1. The highest BCUT2D eigenvalue weighted by Crippen LogP contribution is 2.25. The fraction of sp³-hybridized carbons (Fsp3) is 0.455. The van der Waals surface area contributed by atoms with E-state index in [2.05, 4.69) is 10.1 Å². The molecule has 1 aromatic rings. The maximum atomic E-state index is 12.2. The Labute approximate surface area is 93.6 Å². The molecule has 0 saturated heterocycles. The molecular weight excluding hydrogens is 214 g/mol. The highest BCUT2D eigenvalue weighted by molar-refractivity contribution is 5.36. The second-order valence-corrected chi connectivity index (χ2v) is 3.26. The Kier molecular flexibility index (Phi) is 5.14. The van der Waals surface area contributed by atoms with Crippen molar-refractivity contribution in [2.45, 2.75) is 19.6 Å². The van der Waals surface area contributed by atoms with Gasteiger partial charge >= 0.3 is 6.61 Å². The van der Waals surface area contributed by atoms with Crippen molar-refractivity contribution in [3.63, 3.8) is 0 Å². The van der Waals surface area contributed by atoms with Crippen LogP contribution in [0.5, 0.6) is 5.75 Å². The van der Waals surface area contributed by atoms with Crippen molar-refractivity contribution in [2.24, 2.45) is 5.73 Å². The quantitative estimate of drug-likeness (QED) is 0.784. The van der Waals surface area contributed by atoms with E-state index in [0.29, 0.717) is 18.7 Å². The SMILES string of the molecule is CCNC(CN)c1ccccc1OC(F)F. The van der Waals surface area contributed by atoms with Gasteiger partial charge in [-0.1, -0.05) is 25.1 Å². The van der Waals surface area contributed by atoms with E-state index >= 15 is 0 Å². The molecule has 0 spiro atoms. The summed E-state index contributed by atoms with van der Waals surface area (Å²) in [4.78, 5) is 0. The molecule has 1 atom stereocenters. The van der Waals surface area contributed by atoms with Gasteiger partial charge in [0.25, 0.3) is 0 Å². The number of alkyl halides is 2. The minimum atomic E-state index is -2.82. The molecular formula is C11H16F2N2O. The lowest BCUT2D eigenvalue weighted by Crippen LogP contribution is -2.28. The van der Waals surface area contributed by atoms with Crippen LogP contribution in [0.2, 0.25) is 0 Å². The Hall–Kier alpha value is -1.20. The van der Waals surface area contributed by atoms with Gasteiger partial charge in [0.15, 0.2) is 0 Å². The molecule has 1 unspecified atom stereocenters. The van der Waals surface area contributed by atoms with Crippen molar-refractivity contribution < 1.29 is 13.5 Å². The second-order valence-electron chi connectivity index (χ2n) is 3.26. The maximum absolute atomic E-state index is 12.2. The normalized spacial score (nSPS) is 12.8. The van der Waals surface area contributed by atoms with Crippen LogP contribution in [-0.4, -0.2) is 19.7 Å². The smallest absolute Gasteiger partial charge is 0.387 e. The zero-order chi connectivity index (χ0) is 12.0. The van der Waals surface area contributed by atoms with Crippen LogP contribution in [0, 0.1) is 0 Å². The van der Waals surface area contributed by atoms with Gasteiger partial charge in [0.05, 0.1) is 0 Å². The van der Waals surface area contributed by atoms with E-state index in [1.807, 2.05) is 6.92 Å². The average molecular weight is 230 g/mol. The highest BCUT2D eigenvalue weighted by atomic mass is 19.3. The van der Waals surface area contributed by atoms with Gasteiger partial charge in [-0.25, -0.2) is 0 Å². The Morgan fingerprint density at radius 1 is 1.38 bits per heavy atom. The molecule has 90 valence electrons. The summed E-state index contributed by atoms with van der Waals surface area (Å²) in [7, 11) is 0. The number of nitrogens with two attached hydrogens (primary N) is 1. The number of hydrogen-bond acceptors (Lipinski definition) is 3. The van der Waals surface area contributed by atoms with Crippen LogP contribution < -0.4 is 15.8 Å². The van der Waals surface area contributed by atoms with Gasteiger partial charge in [-0.3, -0.25) is 0 Å². The fourth-order valence-corrected chi connectivity index (χ4v) is 1.54. The molecule has 0 saturated carbocycles. The van der Waals surface area contributed by atoms with Crippen LogP contribution in [0.25, 0.3) is 0 Å². The molecule has 0 amide bonds. The van der Waals surface area contributed by atoms with E-state index in [-0.39, 0.29) is 11.8 Å². The van der Waals surface area contributed by atoms with Gasteiger partial charge in [-0.05, 0) is 12.6 Å². The zero-order valence-corrected chi connectivity index (χ0v) is 9.12. The number of ether oxygens (including phenoxy) is 1. The molecule has 0 bridgehead atoms. The molecule has 3 nitrogen and oxygen atoms in total. The van der Waals surface area contributed by atoms with E-state index in [0.717, 1.165) is 0 Å². The van der Waals surface area contributed by atoms with Crippen LogP contribution in [0.1, 0.15) is 18.5 Å². The van der Waals surface area contributed by atoms with Gasteiger partial charge in [0.1, 0.15) is 5.75 Å². The van der Waals surface area contributed by atoms with Gasteiger partial charge in [-0.2, -0.15) is 8.78 Å². The predicted octanol–water partition coefficient (Wildman–Crippen LogP) is 1.90. The van der Waals surface area contributed by atoms with Crippen LogP contribution >= 0.6 is 0 Å². The summed E-state index contributed by atoms with van der Waals surface area (Å²) in [6.07, 6.45) is 0. The molecule has 0 aromatic heterocycles. The van der Waals surface area contributed by atoms with Gasteiger partial charge in [0.2, 0.25) is 0 Å². The molecule has 3 N–H and O–H groups in total. The van der Waals surface area contributed by atoms with Crippen molar-refractivity contribution in [2.75, 3.05) is 13.1 Å². The minimum absolute atomic E-state index is 0.167. The van der Waals surface area contributed by atoms with Crippen LogP contribution in [-0.2, 0) is 0 Å². The summed E-state index contributed by atoms with van der Waals surface area (Å²) < 4.78 is 28.8. The summed E-state index contributed by atoms with van der Waals surface area (Å²) >= 11 is 0. The molecule has 1 rings (SSSR count). The lowest BCUT2D eigenvalue weighted by Gasteiger charge is -2.19. The number of nitrogens with one attached hydrogen (secondary N) is 1. The standard InChI is InChI=1S/C11H16F2N2O/c1-2-15-9(7-14)8-5-3-4-6-10(8)16-11(12)13/h3-6,9,11,15H,2,7,14H2,1H3. The van der Waals surface area contributed by atoms with Crippen LogP contribution in [0.4, 0.5) is 8.78 Å². The summed E-state index contributed by atoms with van der Waals surface area (Å²) in [6, 6.07) is 6.51. The van der Waals surface area contributed by atoms with Crippen molar-refractivity contribution in [3.05, 3.63) is 29.8 Å². The Morgan fingerprint density at radius 2 is 2.06 bits per heavy atom. The maximum Gasteiger partial charge on any atom is 0.387 e. The van der Waals surface area contributed by atoms with Crippen molar-refractivity contribution >= 4 is 0 Å². The molecule has 0 fully saturated rings. The van der Waals surface area contributed by atoms with Crippen LogP contribution in [0.15, 0.2) is 24.3 Å². The third-order valence-electron chi connectivity index (χ3n) is 2.20. The van der Waals surface area contributed by atoms with Gasteiger partial charge < -0.3 is 15.8 Å². The lowest BCUT2D eigenvalue weighted by atomic mass is 10.1. The Morgan fingerprint density at radius 3 is 2.62 bits per heavy atom. The molecule has 0 aliphatic rings. The number of halogens is 2. The third kappa shape index (κ3) is 3.43. The van der Waals surface area contributed by atoms with E-state index in [1.54, 1.807) is 18.2 Å². The summed E-state index contributed by atoms with van der Waals surface area (Å²) in [6.45, 7) is 0.155. The third-order valence-corrected chi connectivity index (χ3v) is 2.20. The summed E-state index contributed by atoms with van der Waals surface area (Å²) in [5, 5.41) is 3.11.